The van der Waals surface area contributed by atoms with Gasteiger partial charge in [-0.1, -0.05) is 38.5 Å². The highest BCUT2D eigenvalue weighted by molar-refractivity contribution is 5.99. The molecule has 1 aromatic heterocycles. The molecule has 0 saturated carbocycles. The number of benzene rings is 1. The van der Waals surface area contributed by atoms with Crippen LogP contribution in [-0.2, 0) is 12.8 Å². The normalized spacial score (nSPS) is 11.6. The first-order valence-corrected chi connectivity index (χ1v) is 8.36. The number of hydrogen-bond donors (Lipinski definition) is 1. The lowest BCUT2D eigenvalue weighted by atomic mass is 10.1. The van der Waals surface area contributed by atoms with Gasteiger partial charge in [0, 0.05) is 11.4 Å². The van der Waals surface area contributed by atoms with E-state index in [0.29, 0.717) is 5.95 Å². The quantitative estimate of drug-likeness (QED) is 0.604. The van der Waals surface area contributed by atoms with Crippen molar-refractivity contribution in [3.8, 4) is 0 Å². The SMILES string of the molecule is CCCCc1cc(C)nc(NN=C(C)c2cccc(CC)c2)n1. The van der Waals surface area contributed by atoms with Gasteiger partial charge in [0.15, 0.2) is 0 Å². The van der Waals surface area contributed by atoms with Crippen LogP contribution in [0.2, 0.25) is 0 Å². The second kappa shape index (κ2) is 8.42. The third-order valence-electron chi connectivity index (χ3n) is 3.77. The van der Waals surface area contributed by atoms with Crippen LogP contribution in [-0.4, -0.2) is 15.7 Å². The van der Waals surface area contributed by atoms with Gasteiger partial charge in [0.25, 0.3) is 0 Å². The summed E-state index contributed by atoms with van der Waals surface area (Å²) in [5, 5.41) is 4.44. The van der Waals surface area contributed by atoms with Gasteiger partial charge in [0.1, 0.15) is 0 Å². The summed E-state index contributed by atoms with van der Waals surface area (Å²) in [5.74, 6) is 0.571. The summed E-state index contributed by atoms with van der Waals surface area (Å²) < 4.78 is 0. The number of nitrogens with one attached hydrogen (secondary N) is 1. The van der Waals surface area contributed by atoms with Crippen molar-refractivity contribution in [2.24, 2.45) is 5.10 Å². The third-order valence-corrected chi connectivity index (χ3v) is 3.77. The molecule has 1 N–H and O–H groups in total. The lowest BCUT2D eigenvalue weighted by Crippen LogP contribution is -2.05. The van der Waals surface area contributed by atoms with E-state index in [1.54, 1.807) is 0 Å². The van der Waals surface area contributed by atoms with Crippen LogP contribution in [0, 0.1) is 6.92 Å². The van der Waals surface area contributed by atoms with Gasteiger partial charge in [-0.2, -0.15) is 5.10 Å². The zero-order valence-corrected chi connectivity index (χ0v) is 14.6. The molecule has 4 nitrogen and oxygen atoms in total. The second-order valence-electron chi connectivity index (χ2n) is 5.79. The Labute approximate surface area is 139 Å². The Morgan fingerprint density at radius 3 is 2.74 bits per heavy atom. The van der Waals surface area contributed by atoms with Gasteiger partial charge in [0.05, 0.1) is 5.71 Å². The Kier molecular flexibility index (Phi) is 6.27. The molecule has 0 bridgehead atoms. The maximum atomic E-state index is 4.54. The molecule has 0 unspecified atom stereocenters. The van der Waals surface area contributed by atoms with Crippen LogP contribution in [0.1, 0.15) is 56.1 Å². The van der Waals surface area contributed by atoms with Crippen LogP contribution in [0.5, 0.6) is 0 Å². The molecule has 0 saturated heterocycles. The standard InChI is InChI=1S/C19H26N4/c1-5-7-11-18-12-14(3)20-19(21-18)23-22-15(4)17-10-8-9-16(6-2)13-17/h8-10,12-13H,5-7,11H2,1-4H3,(H,20,21,23). The van der Waals surface area contributed by atoms with E-state index in [1.807, 2.05) is 19.9 Å². The van der Waals surface area contributed by atoms with E-state index in [9.17, 15) is 0 Å². The molecule has 1 aromatic carbocycles. The molecule has 1 heterocycles. The van der Waals surface area contributed by atoms with E-state index in [1.165, 1.54) is 5.56 Å². The molecular weight excluding hydrogens is 284 g/mol. The predicted molar refractivity (Wildman–Crippen MR) is 97.0 cm³/mol. The van der Waals surface area contributed by atoms with Gasteiger partial charge in [-0.05, 0) is 56.4 Å². The molecule has 0 amide bonds. The molecule has 0 fully saturated rings. The van der Waals surface area contributed by atoms with Gasteiger partial charge in [-0.15, -0.1) is 0 Å². The van der Waals surface area contributed by atoms with Crippen LogP contribution >= 0.6 is 0 Å². The first-order chi connectivity index (χ1) is 11.1. The molecule has 2 rings (SSSR count). The summed E-state index contributed by atoms with van der Waals surface area (Å²) in [7, 11) is 0. The molecule has 4 heteroatoms. The van der Waals surface area contributed by atoms with Crippen molar-refractivity contribution >= 4 is 11.7 Å². The maximum Gasteiger partial charge on any atom is 0.243 e. The maximum absolute atomic E-state index is 4.54. The van der Waals surface area contributed by atoms with Crippen molar-refractivity contribution in [2.75, 3.05) is 5.43 Å². The van der Waals surface area contributed by atoms with E-state index in [2.05, 4.69) is 58.6 Å². The minimum absolute atomic E-state index is 0.571. The minimum Gasteiger partial charge on any atom is -0.245 e. The first kappa shape index (κ1) is 17.1. The highest BCUT2D eigenvalue weighted by Crippen LogP contribution is 2.10. The Bertz CT molecular complexity index is 677. The Morgan fingerprint density at radius 1 is 1.17 bits per heavy atom. The first-order valence-electron chi connectivity index (χ1n) is 8.36. The van der Waals surface area contributed by atoms with E-state index < -0.39 is 0 Å². The zero-order chi connectivity index (χ0) is 16.7. The summed E-state index contributed by atoms with van der Waals surface area (Å²) >= 11 is 0. The van der Waals surface area contributed by atoms with E-state index >= 15 is 0 Å². The summed E-state index contributed by atoms with van der Waals surface area (Å²) in [6.07, 6.45) is 4.31. The fourth-order valence-electron chi connectivity index (χ4n) is 2.38. The van der Waals surface area contributed by atoms with Crippen LogP contribution in [0.3, 0.4) is 0 Å². The van der Waals surface area contributed by atoms with Crippen molar-refractivity contribution in [1.29, 1.82) is 0 Å². The number of aryl methyl sites for hydroxylation is 3. The summed E-state index contributed by atoms with van der Waals surface area (Å²) in [6.45, 7) is 8.33. The smallest absolute Gasteiger partial charge is 0.243 e. The van der Waals surface area contributed by atoms with Gasteiger partial charge < -0.3 is 0 Å². The minimum atomic E-state index is 0.571. The molecule has 122 valence electrons. The molecule has 2 aromatic rings. The molecule has 0 spiro atoms. The average Bonchev–Trinajstić information content (AvgIpc) is 2.57. The highest BCUT2D eigenvalue weighted by atomic mass is 15.4. The molecule has 0 aliphatic heterocycles. The highest BCUT2D eigenvalue weighted by Gasteiger charge is 2.03. The molecular formula is C19H26N4. The monoisotopic (exact) mass is 310 g/mol. The number of hydrogen-bond acceptors (Lipinski definition) is 4. The van der Waals surface area contributed by atoms with Gasteiger partial charge in [0.2, 0.25) is 5.95 Å². The van der Waals surface area contributed by atoms with Crippen LogP contribution in [0.4, 0.5) is 5.95 Å². The number of anilines is 1. The fourth-order valence-corrected chi connectivity index (χ4v) is 2.38. The third kappa shape index (κ3) is 5.16. The largest absolute Gasteiger partial charge is 0.245 e. The number of aromatic nitrogens is 2. The Hall–Kier alpha value is -2.23. The van der Waals surface area contributed by atoms with E-state index in [-0.39, 0.29) is 0 Å². The topological polar surface area (TPSA) is 50.2 Å². The number of unbranched alkanes of at least 4 members (excludes halogenated alkanes) is 1. The van der Waals surface area contributed by atoms with Gasteiger partial charge >= 0.3 is 0 Å². The number of hydrazone groups is 1. The van der Waals surface area contributed by atoms with Crippen LogP contribution < -0.4 is 5.43 Å². The van der Waals surface area contributed by atoms with Crippen LogP contribution in [0.15, 0.2) is 35.4 Å². The fraction of sp³-hybridized carbons (Fsp3) is 0.421. The van der Waals surface area contributed by atoms with Crippen LogP contribution in [0.25, 0.3) is 0 Å². The molecule has 0 aliphatic rings. The molecule has 0 aliphatic carbocycles. The van der Waals surface area contributed by atoms with Crippen molar-refractivity contribution in [3.05, 3.63) is 52.8 Å². The summed E-state index contributed by atoms with van der Waals surface area (Å²) in [5.41, 5.74) is 8.41. The second-order valence-corrected chi connectivity index (χ2v) is 5.79. The molecule has 23 heavy (non-hydrogen) atoms. The van der Waals surface area contributed by atoms with Gasteiger partial charge in [-0.3, -0.25) is 0 Å². The number of nitrogens with zero attached hydrogens (tertiary/aromatic N) is 3. The zero-order valence-electron chi connectivity index (χ0n) is 14.6. The van der Waals surface area contributed by atoms with Crippen molar-refractivity contribution in [2.45, 2.75) is 53.4 Å². The average molecular weight is 310 g/mol. The predicted octanol–water partition coefficient (Wildman–Crippen LogP) is 4.53. The Balaban J connectivity index is 2.13. The van der Waals surface area contributed by atoms with E-state index in [4.69, 9.17) is 0 Å². The van der Waals surface area contributed by atoms with Crippen molar-refractivity contribution in [3.63, 3.8) is 0 Å². The Morgan fingerprint density at radius 2 is 2.00 bits per heavy atom. The summed E-state index contributed by atoms with van der Waals surface area (Å²) in [4.78, 5) is 8.95. The summed E-state index contributed by atoms with van der Waals surface area (Å²) in [6, 6.07) is 10.5. The van der Waals surface area contributed by atoms with E-state index in [0.717, 1.165) is 48.3 Å². The molecule has 0 atom stereocenters. The van der Waals surface area contributed by atoms with Crippen molar-refractivity contribution < 1.29 is 0 Å². The van der Waals surface area contributed by atoms with Crippen molar-refractivity contribution in [1.82, 2.24) is 9.97 Å². The lowest BCUT2D eigenvalue weighted by molar-refractivity contribution is 0.772. The molecule has 0 radical (unpaired) electrons. The lowest BCUT2D eigenvalue weighted by Gasteiger charge is -2.07. The van der Waals surface area contributed by atoms with Gasteiger partial charge in [-0.25, -0.2) is 15.4 Å². The number of rotatable bonds is 7.